The molecule has 2 aliphatic rings. The molecule has 0 aromatic heterocycles. The van der Waals surface area contributed by atoms with Crippen molar-refractivity contribution in [1.82, 2.24) is 9.80 Å². The van der Waals surface area contributed by atoms with E-state index in [0.29, 0.717) is 29.5 Å². The third-order valence-electron chi connectivity index (χ3n) is 6.16. The number of halogens is 1. The van der Waals surface area contributed by atoms with Gasteiger partial charge in [-0.2, -0.15) is 0 Å². The van der Waals surface area contributed by atoms with E-state index in [9.17, 15) is 13.2 Å². The number of benzene rings is 3. The van der Waals surface area contributed by atoms with Crippen LogP contribution in [0.25, 0.3) is 0 Å². The first-order chi connectivity index (χ1) is 17.9. The summed E-state index contributed by atoms with van der Waals surface area (Å²) < 4.78 is 44.1. The number of nitrogens with one attached hydrogen (secondary N) is 1. The van der Waals surface area contributed by atoms with Crippen LogP contribution >= 0.6 is 11.6 Å². The first-order valence-corrected chi connectivity index (χ1v) is 13.6. The molecule has 11 heteroatoms. The van der Waals surface area contributed by atoms with E-state index in [1.54, 1.807) is 29.2 Å². The molecule has 0 radical (unpaired) electrons. The number of rotatable bonds is 8. The summed E-state index contributed by atoms with van der Waals surface area (Å²) in [6, 6.07) is 18.3. The van der Waals surface area contributed by atoms with Crippen LogP contribution in [0.1, 0.15) is 5.56 Å². The quantitative estimate of drug-likeness (QED) is 0.463. The largest absolute Gasteiger partial charge is 0.484 e. The predicted octanol–water partition coefficient (Wildman–Crippen LogP) is 3.59. The van der Waals surface area contributed by atoms with E-state index >= 15 is 0 Å². The maximum atomic E-state index is 12.7. The lowest BCUT2D eigenvalue weighted by atomic mass is 10.1. The number of piperazine rings is 1. The molecule has 0 spiro atoms. The van der Waals surface area contributed by atoms with Gasteiger partial charge in [0.2, 0.25) is 6.79 Å². The monoisotopic (exact) mass is 543 g/mol. The van der Waals surface area contributed by atoms with E-state index in [-0.39, 0.29) is 24.2 Å². The zero-order valence-corrected chi connectivity index (χ0v) is 21.5. The molecule has 194 valence electrons. The van der Waals surface area contributed by atoms with Crippen molar-refractivity contribution in [2.75, 3.05) is 44.3 Å². The van der Waals surface area contributed by atoms with E-state index in [0.717, 1.165) is 36.7 Å². The van der Waals surface area contributed by atoms with Crippen LogP contribution in [0.15, 0.2) is 71.6 Å². The van der Waals surface area contributed by atoms with Gasteiger partial charge >= 0.3 is 0 Å². The fourth-order valence-corrected chi connectivity index (χ4v) is 5.32. The SMILES string of the molecule is O=C(COc1ccc(S(=O)(=O)Nc2ccc(Cl)cc2)cc1)N1CCN(Cc2ccc3c(c2)OCO3)CC1. The van der Waals surface area contributed by atoms with Gasteiger partial charge < -0.3 is 19.1 Å². The number of amides is 1. The van der Waals surface area contributed by atoms with Gasteiger partial charge in [-0.05, 0) is 66.2 Å². The Hall–Kier alpha value is -3.47. The second-order valence-electron chi connectivity index (χ2n) is 8.72. The van der Waals surface area contributed by atoms with Crippen molar-refractivity contribution in [2.24, 2.45) is 0 Å². The second-order valence-corrected chi connectivity index (χ2v) is 10.8. The molecule has 0 unspecified atom stereocenters. The lowest BCUT2D eigenvalue weighted by molar-refractivity contribution is -0.135. The zero-order chi connectivity index (χ0) is 25.8. The summed E-state index contributed by atoms with van der Waals surface area (Å²) in [6.07, 6.45) is 0. The number of hydrogen-bond donors (Lipinski definition) is 1. The number of fused-ring (bicyclic) bond motifs is 1. The zero-order valence-electron chi connectivity index (χ0n) is 19.9. The fourth-order valence-electron chi connectivity index (χ4n) is 4.14. The van der Waals surface area contributed by atoms with E-state index < -0.39 is 10.0 Å². The fraction of sp³-hybridized carbons (Fsp3) is 0.269. The molecule has 0 bridgehead atoms. The van der Waals surface area contributed by atoms with Crippen molar-refractivity contribution < 1.29 is 27.4 Å². The Bertz CT molecular complexity index is 1360. The van der Waals surface area contributed by atoms with Gasteiger partial charge in [0.25, 0.3) is 15.9 Å². The lowest BCUT2D eigenvalue weighted by Gasteiger charge is -2.34. The number of hydrogen-bond acceptors (Lipinski definition) is 7. The third-order valence-corrected chi connectivity index (χ3v) is 7.81. The highest BCUT2D eigenvalue weighted by atomic mass is 35.5. The van der Waals surface area contributed by atoms with Crippen LogP contribution in [-0.2, 0) is 21.4 Å². The first kappa shape index (κ1) is 25.2. The minimum Gasteiger partial charge on any atom is -0.484 e. The summed E-state index contributed by atoms with van der Waals surface area (Å²) in [4.78, 5) is 16.8. The summed E-state index contributed by atoms with van der Waals surface area (Å²) in [6.45, 7) is 3.66. The van der Waals surface area contributed by atoms with Gasteiger partial charge in [0, 0.05) is 43.4 Å². The number of anilines is 1. The van der Waals surface area contributed by atoms with Gasteiger partial charge in [0.1, 0.15) is 5.75 Å². The molecule has 2 heterocycles. The van der Waals surface area contributed by atoms with Crippen LogP contribution in [0, 0.1) is 0 Å². The van der Waals surface area contributed by atoms with Crippen molar-refractivity contribution in [3.63, 3.8) is 0 Å². The summed E-state index contributed by atoms with van der Waals surface area (Å²) in [5.41, 5.74) is 1.55. The molecule has 1 amide bonds. The molecular weight excluding hydrogens is 518 g/mol. The molecule has 37 heavy (non-hydrogen) atoms. The number of carbonyl (C=O) groups excluding carboxylic acids is 1. The molecule has 5 rings (SSSR count). The van der Waals surface area contributed by atoms with E-state index in [1.165, 1.54) is 24.3 Å². The van der Waals surface area contributed by atoms with Crippen molar-refractivity contribution >= 4 is 33.2 Å². The average Bonchev–Trinajstić information content (AvgIpc) is 3.37. The number of carbonyl (C=O) groups is 1. The normalized spacial score (nSPS) is 15.4. The molecule has 9 nitrogen and oxygen atoms in total. The van der Waals surface area contributed by atoms with Gasteiger partial charge in [0.15, 0.2) is 18.1 Å². The molecule has 0 saturated carbocycles. The Morgan fingerprint density at radius 3 is 2.35 bits per heavy atom. The highest BCUT2D eigenvalue weighted by Crippen LogP contribution is 2.33. The van der Waals surface area contributed by atoms with Gasteiger partial charge in [-0.15, -0.1) is 0 Å². The molecule has 1 fully saturated rings. The standard InChI is InChI=1S/C26H26ClN3O6S/c27-20-2-4-21(5-3-20)28-37(32,33)23-8-6-22(7-9-23)34-17-26(31)30-13-11-29(12-14-30)16-19-1-10-24-25(15-19)36-18-35-24/h1-10,15,28H,11-14,16-18H2. The van der Waals surface area contributed by atoms with Crippen LogP contribution in [0.5, 0.6) is 17.2 Å². The average molecular weight is 544 g/mol. The molecule has 0 aliphatic carbocycles. The smallest absolute Gasteiger partial charge is 0.261 e. The molecule has 3 aromatic carbocycles. The number of sulfonamides is 1. The van der Waals surface area contributed by atoms with Crippen LogP contribution < -0.4 is 18.9 Å². The molecule has 1 saturated heterocycles. The van der Waals surface area contributed by atoms with Crippen molar-refractivity contribution in [3.05, 3.63) is 77.3 Å². The summed E-state index contributed by atoms with van der Waals surface area (Å²) in [5, 5.41) is 0.516. The highest BCUT2D eigenvalue weighted by molar-refractivity contribution is 7.92. The molecule has 3 aromatic rings. The van der Waals surface area contributed by atoms with Gasteiger partial charge in [-0.1, -0.05) is 17.7 Å². The molecular formula is C26H26ClN3O6S. The van der Waals surface area contributed by atoms with Crippen molar-refractivity contribution in [3.8, 4) is 17.2 Å². The van der Waals surface area contributed by atoms with E-state index in [4.69, 9.17) is 25.8 Å². The minimum atomic E-state index is -3.76. The van der Waals surface area contributed by atoms with Crippen LogP contribution in [0.3, 0.4) is 0 Å². The van der Waals surface area contributed by atoms with Crippen LogP contribution in [-0.4, -0.2) is 63.7 Å². The Balaban J connectivity index is 1.08. The minimum absolute atomic E-state index is 0.0831. The van der Waals surface area contributed by atoms with Crippen LogP contribution in [0.2, 0.25) is 5.02 Å². The lowest BCUT2D eigenvalue weighted by Crippen LogP contribution is -2.49. The Labute approximate surface area is 220 Å². The highest BCUT2D eigenvalue weighted by Gasteiger charge is 2.22. The Kier molecular flexibility index (Phi) is 7.40. The van der Waals surface area contributed by atoms with Crippen LogP contribution in [0.4, 0.5) is 5.69 Å². The molecule has 0 atom stereocenters. The second kappa shape index (κ2) is 10.9. The molecule has 1 N–H and O–H groups in total. The summed E-state index contributed by atoms with van der Waals surface area (Å²) >= 11 is 5.84. The van der Waals surface area contributed by atoms with Gasteiger partial charge in [0.05, 0.1) is 4.90 Å². The van der Waals surface area contributed by atoms with E-state index in [1.807, 2.05) is 18.2 Å². The third kappa shape index (κ3) is 6.27. The van der Waals surface area contributed by atoms with Crippen molar-refractivity contribution in [1.29, 1.82) is 0 Å². The van der Waals surface area contributed by atoms with Gasteiger partial charge in [-0.3, -0.25) is 14.4 Å². The number of nitrogens with zero attached hydrogens (tertiary/aromatic N) is 2. The molecule has 2 aliphatic heterocycles. The maximum Gasteiger partial charge on any atom is 0.261 e. The number of ether oxygens (including phenoxy) is 3. The van der Waals surface area contributed by atoms with Crippen molar-refractivity contribution in [2.45, 2.75) is 11.4 Å². The van der Waals surface area contributed by atoms with Gasteiger partial charge in [-0.25, -0.2) is 8.42 Å². The predicted molar refractivity (Wildman–Crippen MR) is 139 cm³/mol. The maximum absolute atomic E-state index is 12.7. The first-order valence-electron chi connectivity index (χ1n) is 11.8. The topological polar surface area (TPSA) is 97.4 Å². The summed E-state index contributed by atoms with van der Waals surface area (Å²) in [5.74, 6) is 1.85. The van der Waals surface area contributed by atoms with E-state index in [2.05, 4.69) is 9.62 Å². The Morgan fingerprint density at radius 2 is 1.62 bits per heavy atom. The summed E-state index contributed by atoms with van der Waals surface area (Å²) in [7, 11) is -3.76. The Morgan fingerprint density at radius 1 is 0.919 bits per heavy atom.